The van der Waals surface area contributed by atoms with Crippen molar-refractivity contribution in [1.82, 2.24) is 14.8 Å². The molecular formula is C31H28N4O6S. The first-order valence-corrected chi connectivity index (χ1v) is 14.4. The Bertz CT molecular complexity index is 1510. The van der Waals surface area contributed by atoms with Gasteiger partial charge in [-0.1, -0.05) is 91.0 Å². The van der Waals surface area contributed by atoms with E-state index in [0.717, 1.165) is 27.9 Å². The zero-order valence-electron chi connectivity index (χ0n) is 22.8. The lowest BCUT2D eigenvalue weighted by Crippen LogP contribution is -2.72. The number of benzene rings is 3. The van der Waals surface area contributed by atoms with E-state index in [4.69, 9.17) is 4.74 Å². The maximum atomic E-state index is 13.8. The van der Waals surface area contributed by atoms with Gasteiger partial charge in [0, 0.05) is 6.20 Å². The van der Waals surface area contributed by atoms with Crippen LogP contribution in [0.2, 0.25) is 0 Å². The van der Waals surface area contributed by atoms with Crippen LogP contribution < -0.4 is 0 Å². The molecule has 0 saturated carbocycles. The van der Waals surface area contributed by atoms with Crippen LogP contribution in [0.25, 0.3) is 0 Å². The van der Waals surface area contributed by atoms with Crippen molar-refractivity contribution in [1.29, 1.82) is 0 Å². The molecule has 3 aromatic rings. The average molecular weight is 585 g/mol. The summed E-state index contributed by atoms with van der Waals surface area (Å²) in [6, 6.07) is 25.3. The molecule has 1 N–H and O–H groups in total. The summed E-state index contributed by atoms with van der Waals surface area (Å²) in [5, 5.41) is 13.3. The van der Waals surface area contributed by atoms with Crippen LogP contribution in [0.15, 0.2) is 108 Å². The van der Waals surface area contributed by atoms with E-state index in [-0.39, 0.29) is 5.76 Å². The van der Waals surface area contributed by atoms with Gasteiger partial charge in [0.2, 0.25) is 0 Å². The van der Waals surface area contributed by atoms with E-state index in [0.29, 0.717) is 5.56 Å². The van der Waals surface area contributed by atoms with Crippen LogP contribution in [0.1, 0.15) is 42.7 Å². The minimum Gasteiger partial charge on any atom is -0.509 e. The van der Waals surface area contributed by atoms with Crippen molar-refractivity contribution in [2.24, 2.45) is 5.29 Å². The monoisotopic (exact) mass is 584 g/mol. The molecule has 214 valence electrons. The van der Waals surface area contributed by atoms with Gasteiger partial charge >= 0.3 is 5.97 Å². The predicted molar refractivity (Wildman–Crippen MR) is 155 cm³/mol. The number of β-lactam (4-membered cyclic amide) rings is 1. The molecule has 2 fully saturated rings. The number of carbonyl (C=O) groups excluding carboxylic acids is 3. The van der Waals surface area contributed by atoms with Gasteiger partial charge in [-0.25, -0.2) is 5.01 Å². The second-order valence-corrected chi connectivity index (χ2v) is 12.0. The zero-order chi connectivity index (χ0) is 29.6. The molecule has 6 rings (SSSR count). The Morgan fingerprint density at radius 3 is 2.00 bits per heavy atom. The number of hydrogen-bond donors (Lipinski definition) is 1. The average Bonchev–Trinajstić information content (AvgIpc) is 3.21. The van der Waals surface area contributed by atoms with Crippen LogP contribution in [0.3, 0.4) is 0 Å². The summed E-state index contributed by atoms with van der Waals surface area (Å²) in [6.07, 6.45) is 0.507. The zero-order valence-corrected chi connectivity index (χ0v) is 23.6. The Kier molecular flexibility index (Phi) is 6.97. The highest BCUT2D eigenvalue weighted by Gasteiger charge is 2.64. The Labute approximate surface area is 246 Å². The number of rotatable bonds is 7. The van der Waals surface area contributed by atoms with E-state index >= 15 is 0 Å². The summed E-state index contributed by atoms with van der Waals surface area (Å²) in [5.74, 6) is -1.89. The van der Waals surface area contributed by atoms with Gasteiger partial charge in [0.1, 0.15) is 22.8 Å². The molecule has 0 radical (unpaired) electrons. The van der Waals surface area contributed by atoms with Crippen molar-refractivity contribution in [3.63, 3.8) is 0 Å². The maximum absolute atomic E-state index is 13.8. The smallest absolute Gasteiger partial charge is 0.327 e. The summed E-state index contributed by atoms with van der Waals surface area (Å²) >= 11 is 1.03. The molecular weight excluding hydrogens is 556 g/mol. The van der Waals surface area contributed by atoms with Gasteiger partial charge in [-0.3, -0.25) is 19.3 Å². The lowest BCUT2D eigenvalue weighted by Gasteiger charge is -2.53. The van der Waals surface area contributed by atoms with Gasteiger partial charge < -0.3 is 14.7 Å². The SMILES string of the molecule is CC1(C)N(C2C(=O)N3C=C(O)C(C(=O)OC(c4ccccc4)c4ccccc4)S[C@H]23)C(=O)[C@@H](c2ccccc2)N1N=O. The predicted octanol–water partition coefficient (Wildman–Crippen LogP) is 4.67. The number of aliphatic hydroxyl groups excluding tert-OH is 1. The third-order valence-corrected chi connectivity index (χ3v) is 9.34. The number of ether oxygens (including phenoxy) is 1. The van der Waals surface area contributed by atoms with E-state index in [1.807, 2.05) is 60.7 Å². The maximum Gasteiger partial charge on any atom is 0.327 e. The van der Waals surface area contributed by atoms with Crippen LogP contribution in [-0.4, -0.2) is 60.0 Å². The lowest BCUT2D eigenvalue weighted by atomic mass is 10.0. The van der Waals surface area contributed by atoms with Gasteiger partial charge in [0.05, 0.1) is 5.29 Å². The van der Waals surface area contributed by atoms with Crippen molar-refractivity contribution in [3.8, 4) is 0 Å². The summed E-state index contributed by atoms with van der Waals surface area (Å²) in [5.41, 5.74) is 0.858. The van der Waals surface area contributed by atoms with Crippen LogP contribution in [0.5, 0.6) is 0 Å². The van der Waals surface area contributed by atoms with Crippen molar-refractivity contribution >= 4 is 29.5 Å². The van der Waals surface area contributed by atoms with Crippen LogP contribution in [-0.2, 0) is 19.1 Å². The van der Waals surface area contributed by atoms with Gasteiger partial charge in [-0.15, -0.1) is 16.7 Å². The molecule has 0 aliphatic carbocycles. The number of thioether (sulfide) groups is 1. The highest BCUT2D eigenvalue weighted by molar-refractivity contribution is 8.01. The Hall–Kier alpha value is -4.64. The first-order valence-electron chi connectivity index (χ1n) is 13.4. The van der Waals surface area contributed by atoms with E-state index in [1.165, 1.54) is 16.0 Å². The number of esters is 1. The number of amides is 2. The Balaban J connectivity index is 1.27. The van der Waals surface area contributed by atoms with Crippen molar-refractivity contribution in [2.45, 2.75) is 48.3 Å². The molecule has 0 aromatic heterocycles. The third-order valence-electron chi connectivity index (χ3n) is 7.87. The van der Waals surface area contributed by atoms with Gasteiger partial charge in [0.25, 0.3) is 11.8 Å². The topological polar surface area (TPSA) is 120 Å². The summed E-state index contributed by atoms with van der Waals surface area (Å²) in [6.45, 7) is 3.31. The standard InChI is InChI=1S/C31H28N4O6S/c1-31(2)34(28(38)23(35(31)32-40)19-12-6-3-7-13-19)24-27(37)33-18-22(36)26(42-29(24)33)30(39)41-25(20-14-8-4-9-15-20)21-16-10-5-11-17-21/h3-18,23-26,29,36H,1-2H3/t23-,24?,26?,29-/m1/s1. The summed E-state index contributed by atoms with van der Waals surface area (Å²) < 4.78 is 5.99. The molecule has 3 aliphatic heterocycles. The fourth-order valence-corrected chi connectivity index (χ4v) is 7.15. The number of hydrogen-bond acceptors (Lipinski definition) is 8. The first kappa shape index (κ1) is 27.5. The third kappa shape index (κ3) is 4.40. The van der Waals surface area contributed by atoms with Gasteiger partial charge in [0.15, 0.2) is 17.4 Å². The summed E-state index contributed by atoms with van der Waals surface area (Å²) in [7, 11) is 0. The molecule has 0 spiro atoms. The number of nitroso groups, excluding NO2 is 1. The van der Waals surface area contributed by atoms with Crippen molar-refractivity contribution < 1.29 is 24.2 Å². The highest BCUT2D eigenvalue weighted by atomic mass is 32.2. The minimum atomic E-state index is -1.24. The lowest BCUT2D eigenvalue weighted by molar-refractivity contribution is -0.161. The molecule has 3 heterocycles. The fraction of sp³-hybridized carbons (Fsp3) is 0.258. The first-order chi connectivity index (χ1) is 20.2. The molecule has 2 saturated heterocycles. The molecule has 3 aliphatic rings. The fourth-order valence-electron chi connectivity index (χ4n) is 5.82. The summed E-state index contributed by atoms with van der Waals surface area (Å²) in [4.78, 5) is 55.4. The molecule has 4 atom stereocenters. The van der Waals surface area contributed by atoms with Crippen LogP contribution in [0.4, 0.5) is 0 Å². The van der Waals surface area contributed by atoms with E-state index < -0.39 is 52.3 Å². The molecule has 0 bridgehead atoms. The Morgan fingerprint density at radius 2 is 1.45 bits per heavy atom. The molecule has 2 unspecified atom stereocenters. The Morgan fingerprint density at radius 1 is 0.905 bits per heavy atom. The molecule has 2 amide bonds. The van der Waals surface area contributed by atoms with E-state index in [2.05, 4.69) is 5.29 Å². The van der Waals surface area contributed by atoms with Crippen molar-refractivity contribution in [3.05, 3.63) is 125 Å². The van der Waals surface area contributed by atoms with Gasteiger partial charge in [-0.05, 0) is 30.5 Å². The van der Waals surface area contributed by atoms with Crippen LogP contribution >= 0.6 is 11.8 Å². The van der Waals surface area contributed by atoms with E-state index in [1.54, 1.807) is 44.2 Å². The molecule has 42 heavy (non-hydrogen) atoms. The molecule has 11 heteroatoms. The number of carbonyl (C=O) groups is 3. The van der Waals surface area contributed by atoms with E-state index in [9.17, 15) is 24.4 Å². The second-order valence-electron chi connectivity index (χ2n) is 10.7. The number of fused-ring (bicyclic) bond motifs is 1. The largest absolute Gasteiger partial charge is 0.509 e. The number of nitrogens with zero attached hydrogens (tertiary/aromatic N) is 4. The molecule has 10 nitrogen and oxygen atoms in total. The second kappa shape index (κ2) is 10.6. The highest BCUT2D eigenvalue weighted by Crippen LogP contribution is 2.49. The van der Waals surface area contributed by atoms with Crippen LogP contribution in [0, 0.1) is 4.91 Å². The normalized spacial score (nSPS) is 24.6. The van der Waals surface area contributed by atoms with Crippen molar-refractivity contribution in [2.75, 3.05) is 0 Å². The van der Waals surface area contributed by atoms with Gasteiger partial charge in [-0.2, -0.15) is 0 Å². The quantitative estimate of drug-likeness (QED) is 0.242. The minimum absolute atomic E-state index is 0.321. The molecule has 3 aromatic carbocycles. The number of aliphatic hydroxyl groups is 1.